The van der Waals surface area contributed by atoms with Crippen molar-refractivity contribution >= 4 is 18.0 Å². The monoisotopic (exact) mass is 431 g/mol. The van der Waals surface area contributed by atoms with Crippen molar-refractivity contribution in [2.45, 2.75) is 103 Å². The van der Waals surface area contributed by atoms with Crippen LogP contribution in [0.1, 0.15) is 91.7 Å². The van der Waals surface area contributed by atoms with Gasteiger partial charge >= 0.3 is 12.2 Å². The fourth-order valence-corrected chi connectivity index (χ4v) is 4.29. The average Bonchev–Trinajstić information content (AvgIpc) is 3.31. The van der Waals surface area contributed by atoms with Crippen LogP contribution in [-0.2, 0) is 9.47 Å². The smallest absolute Gasteiger partial charge is 0.416 e. The topological polar surface area (TPSA) is 72.0 Å². The summed E-state index contributed by atoms with van der Waals surface area (Å²) in [5.74, 6) is 0.603. The summed E-state index contributed by atoms with van der Waals surface area (Å²) < 4.78 is 11.2. The molecule has 1 atom stereocenters. The van der Waals surface area contributed by atoms with Gasteiger partial charge in [-0.25, -0.2) is 14.6 Å². The van der Waals surface area contributed by atoms with Gasteiger partial charge in [-0.2, -0.15) is 0 Å². The van der Waals surface area contributed by atoms with Crippen LogP contribution in [0.15, 0.2) is 18.3 Å². The quantitative estimate of drug-likeness (QED) is 0.601. The third kappa shape index (κ3) is 6.11. The van der Waals surface area contributed by atoms with Gasteiger partial charge in [0.2, 0.25) is 0 Å². The van der Waals surface area contributed by atoms with Crippen LogP contribution in [0.3, 0.4) is 0 Å². The van der Waals surface area contributed by atoms with Crippen LogP contribution in [-0.4, -0.2) is 45.9 Å². The Labute approximate surface area is 186 Å². The number of pyridine rings is 1. The molecule has 1 aliphatic heterocycles. The second-order valence-corrected chi connectivity index (χ2v) is 10.6. The lowest BCUT2D eigenvalue weighted by atomic mass is 10.1. The summed E-state index contributed by atoms with van der Waals surface area (Å²) in [4.78, 5) is 33.7. The highest BCUT2D eigenvalue weighted by Crippen LogP contribution is 2.34. The molecule has 2 heterocycles. The van der Waals surface area contributed by atoms with E-state index in [1.54, 1.807) is 16.0 Å². The third-order valence-electron chi connectivity index (χ3n) is 5.56. The number of hydrogen-bond acceptors (Lipinski definition) is 5. The molecule has 172 valence electrons. The first-order chi connectivity index (χ1) is 14.4. The zero-order valence-electron chi connectivity index (χ0n) is 19.8. The lowest BCUT2D eigenvalue weighted by Gasteiger charge is -2.31. The molecule has 2 aliphatic rings. The summed E-state index contributed by atoms with van der Waals surface area (Å²) >= 11 is 0. The number of carbonyl (C=O) groups excluding carboxylic acids is 2. The standard InChI is InChI=1S/C24H37N3O4/c1-23(2,3)30-21(28)26-15-9-12-19(26)17-13-14-20(25-16-17)27(18-10-7-8-11-18)22(29)31-24(4,5)6/h13-14,16,18-19H,7-12,15H2,1-6H3. The summed E-state index contributed by atoms with van der Waals surface area (Å²) in [5, 5.41) is 0. The van der Waals surface area contributed by atoms with Gasteiger partial charge in [0.25, 0.3) is 0 Å². The minimum absolute atomic E-state index is 0.0575. The number of anilines is 1. The van der Waals surface area contributed by atoms with E-state index in [0.29, 0.717) is 12.4 Å². The number of amides is 2. The van der Waals surface area contributed by atoms with Crippen molar-refractivity contribution in [2.24, 2.45) is 0 Å². The zero-order chi connectivity index (χ0) is 22.8. The molecule has 0 radical (unpaired) electrons. The van der Waals surface area contributed by atoms with E-state index >= 15 is 0 Å². The Morgan fingerprint density at radius 1 is 0.968 bits per heavy atom. The molecule has 1 aromatic rings. The number of hydrogen-bond donors (Lipinski definition) is 0. The lowest BCUT2D eigenvalue weighted by molar-refractivity contribution is 0.0224. The largest absolute Gasteiger partial charge is 0.444 e. The van der Waals surface area contributed by atoms with E-state index in [1.807, 2.05) is 53.7 Å². The summed E-state index contributed by atoms with van der Waals surface area (Å²) in [7, 11) is 0. The molecule has 1 saturated carbocycles. The molecule has 7 heteroatoms. The summed E-state index contributed by atoms with van der Waals surface area (Å²) in [5.41, 5.74) is -0.129. The Kier molecular flexibility index (Phi) is 6.82. The summed E-state index contributed by atoms with van der Waals surface area (Å²) in [6.07, 6.45) is 7.07. The van der Waals surface area contributed by atoms with Crippen LogP contribution in [0.25, 0.3) is 0 Å². The first-order valence-corrected chi connectivity index (χ1v) is 11.4. The number of rotatable bonds is 3. The molecular formula is C24H37N3O4. The average molecular weight is 432 g/mol. The molecule has 1 unspecified atom stereocenters. The summed E-state index contributed by atoms with van der Waals surface area (Å²) in [6.45, 7) is 11.9. The maximum absolute atomic E-state index is 13.0. The molecule has 0 spiro atoms. The second kappa shape index (κ2) is 9.05. The zero-order valence-corrected chi connectivity index (χ0v) is 19.8. The highest BCUT2D eigenvalue weighted by atomic mass is 16.6. The van der Waals surface area contributed by atoms with Gasteiger partial charge in [0.15, 0.2) is 0 Å². The van der Waals surface area contributed by atoms with Crippen LogP contribution in [0.4, 0.5) is 15.4 Å². The number of aromatic nitrogens is 1. The molecule has 0 bridgehead atoms. The molecule has 3 rings (SSSR count). The molecule has 2 amide bonds. The Morgan fingerprint density at radius 3 is 2.16 bits per heavy atom. The van der Waals surface area contributed by atoms with E-state index in [0.717, 1.165) is 44.1 Å². The van der Waals surface area contributed by atoms with Gasteiger partial charge in [-0.3, -0.25) is 4.90 Å². The van der Waals surface area contributed by atoms with Crippen molar-refractivity contribution in [1.82, 2.24) is 9.88 Å². The van der Waals surface area contributed by atoms with Gasteiger partial charge in [-0.1, -0.05) is 18.9 Å². The Hall–Kier alpha value is -2.31. The number of carbonyl (C=O) groups is 2. The molecule has 1 aromatic heterocycles. The van der Waals surface area contributed by atoms with Gasteiger partial charge in [0, 0.05) is 18.8 Å². The molecule has 0 N–H and O–H groups in total. The number of nitrogens with zero attached hydrogens (tertiary/aromatic N) is 3. The molecule has 0 aromatic carbocycles. The van der Waals surface area contributed by atoms with Gasteiger partial charge in [0.05, 0.1) is 6.04 Å². The van der Waals surface area contributed by atoms with Crippen LogP contribution in [0.5, 0.6) is 0 Å². The number of likely N-dealkylation sites (tertiary alicyclic amines) is 1. The van der Waals surface area contributed by atoms with E-state index < -0.39 is 11.2 Å². The predicted octanol–water partition coefficient (Wildman–Crippen LogP) is 5.84. The minimum Gasteiger partial charge on any atom is -0.444 e. The first kappa shape index (κ1) is 23.4. The van der Waals surface area contributed by atoms with Crippen molar-refractivity contribution in [3.63, 3.8) is 0 Å². The lowest BCUT2D eigenvalue weighted by Crippen LogP contribution is -2.43. The van der Waals surface area contributed by atoms with Gasteiger partial charge in [-0.15, -0.1) is 0 Å². The third-order valence-corrected chi connectivity index (χ3v) is 5.56. The van der Waals surface area contributed by atoms with E-state index in [4.69, 9.17) is 9.47 Å². The van der Waals surface area contributed by atoms with Crippen LogP contribution in [0.2, 0.25) is 0 Å². The minimum atomic E-state index is -0.564. The van der Waals surface area contributed by atoms with Crippen molar-refractivity contribution in [3.8, 4) is 0 Å². The van der Waals surface area contributed by atoms with Gasteiger partial charge in [-0.05, 0) is 78.9 Å². The number of ether oxygens (including phenoxy) is 2. The van der Waals surface area contributed by atoms with Gasteiger partial charge < -0.3 is 14.4 Å². The maximum Gasteiger partial charge on any atom is 0.416 e. The predicted molar refractivity (Wildman–Crippen MR) is 120 cm³/mol. The normalized spacial score (nSPS) is 20.1. The van der Waals surface area contributed by atoms with Crippen LogP contribution >= 0.6 is 0 Å². The molecule has 1 aliphatic carbocycles. The van der Waals surface area contributed by atoms with Crippen molar-refractivity contribution < 1.29 is 19.1 Å². The Bertz CT molecular complexity index is 773. The summed E-state index contributed by atoms with van der Waals surface area (Å²) in [6, 6.07) is 3.90. The van der Waals surface area contributed by atoms with E-state index in [2.05, 4.69) is 4.98 Å². The molecule has 31 heavy (non-hydrogen) atoms. The fraction of sp³-hybridized carbons (Fsp3) is 0.708. The van der Waals surface area contributed by atoms with E-state index in [-0.39, 0.29) is 24.3 Å². The molecule has 2 fully saturated rings. The van der Waals surface area contributed by atoms with Crippen LogP contribution < -0.4 is 4.90 Å². The SMILES string of the molecule is CC(C)(C)OC(=O)N1CCCC1c1ccc(N(C(=O)OC(C)(C)C)C2CCCC2)nc1. The van der Waals surface area contributed by atoms with E-state index in [9.17, 15) is 9.59 Å². The van der Waals surface area contributed by atoms with E-state index in [1.165, 1.54) is 0 Å². The van der Waals surface area contributed by atoms with Crippen molar-refractivity contribution in [2.75, 3.05) is 11.4 Å². The molecule has 1 saturated heterocycles. The maximum atomic E-state index is 13.0. The highest BCUT2D eigenvalue weighted by Gasteiger charge is 2.35. The van der Waals surface area contributed by atoms with Crippen LogP contribution in [0, 0.1) is 0 Å². The molecular weight excluding hydrogens is 394 g/mol. The molecule has 7 nitrogen and oxygen atoms in total. The highest BCUT2D eigenvalue weighted by molar-refractivity contribution is 5.87. The first-order valence-electron chi connectivity index (χ1n) is 11.4. The Balaban J connectivity index is 1.79. The van der Waals surface area contributed by atoms with Crippen molar-refractivity contribution in [1.29, 1.82) is 0 Å². The van der Waals surface area contributed by atoms with Crippen molar-refractivity contribution in [3.05, 3.63) is 23.9 Å². The van der Waals surface area contributed by atoms with Gasteiger partial charge in [0.1, 0.15) is 17.0 Å². The fourth-order valence-electron chi connectivity index (χ4n) is 4.29. The second-order valence-electron chi connectivity index (χ2n) is 10.6. The Morgan fingerprint density at radius 2 is 1.61 bits per heavy atom.